The van der Waals surface area contributed by atoms with Crippen LogP contribution < -0.4 is 4.74 Å². The molecule has 0 saturated heterocycles. The summed E-state index contributed by atoms with van der Waals surface area (Å²) >= 11 is 0. The number of aromatic nitrogens is 4. The van der Waals surface area contributed by atoms with Crippen LogP contribution in [0.3, 0.4) is 0 Å². The van der Waals surface area contributed by atoms with Crippen molar-refractivity contribution in [2.24, 2.45) is 0 Å². The Hall–Kier alpha value is -6.72. The van der Waals surface area contributed by atoms with Crippen LogP contribution in [-0.2, 0) is 0 Å². The highest BCUT2D eigenvalue weighted by Crippen LogP contribution is 2.46. The average Bonchev–Trinajstić information content (AvgIpc) is 3.67. The highest BCUT2D eigenvalue weighted by Gasteiger charge is 2.24. The number of benzene rings is 7. The SMILES string of the molecule is c1ccc(-n2c3ccccc3c3cc(-c4ccc5c(c4)c4ccccc4n5-c4nc5c6c(cccc6n4)-c4ccccc4O5)ccc32)cc1. The quantitative estimate of drug-likeness (QED) is 0.196. The second-order valence-electron chi connectivity index (χ2n) is 12.6. The van der Waals surface area contributed by atoms with Crippen molar-refractivity contribution in [1.82, 2.24) is 19.1 Å². The van der Waals surface area contributed by atoms with Gasteiger partial charge in [0.1, 0.15) is 5.75 Å². The topological polar surface area (TPSA) is 44.9 Å². The maximum atomic E-state index is 6.42. The van der Waals surface area contributed by atoms with Gasteiger partial charge in [-0.2, -0.15) is 4.98 Å². The van der Waals surface area contributed by atoms with Gasteiger partial charge < -0.3 is 9.30 Å². The summed E-state index contributed by atoms with van der Waals surface area (Å²) in [7, 11) is 0. The van der Waals surface area contributed by atoms with Gasteiger partial charge in [0.25, 0.3) is 0 Å². The molecule has 5 heteroatoms. The van der Waals surface area contributed by atoms with Crippen molar-refractivity contribution in [3.63, 3.8) is 0 Å². The zero-order valence-electron chi connectivity index (χ0n) is 26.2. The molecule has 3 aromatic heterocycles. The minimum Gasteiger partial charge on any atom is -0.438 e. The summed E-state index contributed by atoms with van der Waals surface area (Å²) in [6.07, 6.45) is 0. The molecule has 7 aromatic carbocycles. The van der Waals surface area contributed by atoms with Crippen molar-refractivity contribution in [2.75, 3.05) is 0 Å². The molecule has 0 aliphatic carbocycles. The normalized spacial score (nSPS) is 12.2. The Morgan fingerprint density at radius 2 is 1.02 bits per heavy atom. The van der Waals surface area contributed by atoms with E-state index in [0.717, 1.165) is 60.8 Å². The molecule has 0 saturated carbocycles. The highest BCUT2D eigenvalue weighted by atomic mass is 16.5. The van der Waals surface area contributed by atoms with Crippen LogP contribution in [0.5, 0.6) is 11.6 Å². The fourth-order valence-electron chi connectivity index (χ4n) is 7.79. The van der Waals surface area contributed by atoms with Crippen molar-refractivity contribution in [2.45, 2.75) is 0 Å². The Labute approximate surface area is 280 Å². The Morgan fingerprint density at radius 3 is 1.78 bits per heavy atom. The van der Waals surface area contributed by atoms with E-state index in [-0.39, 0.29) is 0 Å². The molecule has 0 amide bonds. The Balaban J connectivity index is 1.11. The van der Waals surface area contributed by atoms with E-state index in [2.05, 4.69) is 143 Å². The van der Waals surface area contributed by atoms with E-state index in [4.69, 9.17) is 14.7 Å². The molecule has 5 nitrogen and oxygen atoms in total. The molecule has 228 valence electrons. The van der Waals surface area contributed by atoms with Crippen LogP contribution in [0, 0.1) is 0 Å². The van der Waals surface area contributed by atoms with E-state index in [1.54, 1.807) is 0 Å². The summed E-state index contributed by atoms with van der Waals surface area (Å²) in [5, 5.41) is 5.72. The van der Waals surface area contributed by atoms with Gasteiger partial charge in [-0.15, -0.1) is 0 Å². The Kier molecular flexibility index (Phi) is 5.32. The Bertz CT molecular complexity index is 2970. The number of hydrogen-bond acceptors (Lipinski definition) is 3. The van der Waals surface area contributed by atoms with Gasteiger partial charge in [0, 0.05) is 38.4 Å². The van der Waals surface area contributed by atoms with E-state index < -0.39 is 0 Å². The van der Waals surface area contributed by atoms with Crippen LogP contribution in [0.15, 0.2) is 158 Å². The zero-order valence-corrected chi connectivity index (χ0v) is 26.2. The fourth-order valence-corrected chi connectivity index (χ4v) is 7.79. The summed E-state index contributed by atoms with van der Waals surface area (Å²) in [5.41, 5.74) is 11.0. The molecule has 0 radical (unpaired) electrons. The summed E-state index contributed by atoms with van der Waals surface area (Å²) in [5.74, 6) is 1.98. The van der Waals surface area contributed by atoms with Gasteiger partial charge in [-0.3, -0.25) is 4.57 Å². The standard InChI is InChI=1S/C44H26N4O/c1-2-11-29(12-3-1)47-37-18-7-4-13-30(37)34-25-27(21-23-39(34)47)28-22-24-40-35(26-28)31-14-5-8-19-38(31)48(40)44-45-36-17-10-16-33-32-15-6-9-20-41(32)49-43(46-44)42(33)36/h1-26H. The molecule has 0 atom stereocenters. The molecule has 0 unspecified atom stereocenters. The van der Waals surface area contributed by atoms with Gasteiger partial charge in [-0.25, -0.2) is 4.98 Å². The molecule has 49 heavy (non-hydrogen) atoms. The molecule has 11 rings (SSSR count). The van der Waals surface area contributed by atoms with Crippen molar-refractivity contribution in [1.29, 1.82) is 0 Å². The van der Waals surface area contributed by atoms with Gasteiger partial charge in [0.15, 0.2) is 0 Å². The summed E-state index contributed by atoms with van der Waals surface area (Å²) in [6, 6.07) is 55.7. The van der Waals surface area contributed by atoms with Crippen LogP contribution in [0.2, 0.25) is 0 Å². The molecule has 10 aromatic rings. The third-order valence-electron chi connectivity index (χ3n) is 9.96. The lowest BCUT2D eigenvalue weighted by Crippen LogP contribution is -2.06. The van der Waals surface area contributed by atoms with Crippen molar-refractivity contribution in [3.8, 4) is 45.5 Å². The predicted molar refractivity (Wildman–Crippen MR) is 199 cm³/mol. The maximum absolute atomic E-state index is 6.42. The van der Waals surface area contributed by atoms with Gasteiger partial charge in [0.05, 0.1) is 33.0 Å². The van der Waals surface area contributed by atoms with Crippen molar-refractivity contribution >= 4 is 54.5 Å². The third kappa shape index (κ3) is 3.75. The van der Waals surface area contributed by atoms with Crippen LogP contribution in [0.25, 0.3) is 88.4 Å². The van der Waals surface area contributed by atoms with Crippen molar-refractivity contribution in [3.05, 3.63) is 158 Å². The maximum Gasteiger partial charge on any atom is 0.238 e. The molecule has 0 fully saturated rings. The summed E-state index contributed by atoms with van der Waals surface area (Å²) < 4.78 is 10.9. The summed E-state index contributed by atoms with van der Waals surface area (Å²) in [6.45, 7) is 0. The van der Waals surface area contributed by atoms with E-state index in [1.807, 2.05) is 24.3 Å². The lowest BCUT2D eigenvalue weighted by Gasteiger charge is -2.20. The second-order valence-corrected chi connectivity index (χ2v) is 12.6. The number of nitrogens with zero attached hydrogens (tertiary/aromatic N) is 4. The highest BCUT2D eigenvalue weighted by molar-refractivity contribution is 6.13. The molecular weight excluding hydrogens is 601 g/mol. The van der Waals surface area contributed by atoms with E-state index in [0.29, 0.717) is 11.8 Å². The molecule has 4 heterocycles. The average molecular weight is 627 g/mol. The largest absolute Gasteiger partial charge is 0.438 e. The smallest absolute Gasteiger partial charge is 0.238 e. The van der Waals surface area contributed by atoms with E-state index in [9.17, 15) is 0 Å². The first-order valence-electron chi connectivity index (χ1n) is 16.5. The van der Waals surface area contributed by atoms with Crippen molar-refractivity contribution < 1.29 is 4.74 Å². The van der Waals surface area contributed by atoms with Crippen LogP contribution in [0.4, 0.5) is 0 Å². The fraction of sp³-hybridized carbons (Fsp3) is 0. The molecule has 0 bridgehead atoms. The van der Waals surface area contributed by atoms with E-state index in [1.165, 1.54) is 27.4 Å². The molecule has 0 spiro atoms. The molecular formula is C44H26N4O. The van der Waals surface area contributed by atoms with Gasteiger partial charge in [-0.1, -0.05) is 97.1 Å². The van der Waals surface area contributed by atoms with Gasteiger partial charge >= 0.3 is 0 Å². The lowest BCUT2D eigenvalue weighted by atomic mass is 9.98. The van der Waals surface area contributed by atoms with Crippen LogP contribution in [0.1, 0.15) is 0 Å². The number of hydrogen-bond donors (Lipinski definition) is 0. The van der Waals surface area contributed by atoms with Gasteiger partial charge in [0.2, 0.25) is 11.8 Å². The zero-order chi connectivity index (χ0) is 32.1. The molecule has 1 aliphatic rings. The number of rotatable bonds is 3. The van der Waals surface area contributed by atoms with E-state index >= 15 is 0 Å². The second kappa shape index (κ2) is 9.89. The monoisotopic (exact) mass is 626 g/mol. The summed E-state index contributed by atoms with van der Waals surface area (Å²) in [4.78, 5) is 10.2. The van der Waals surface area contributed by atoms with Gasteiger partial charge in [-0.05, 0) is 71.8 Å². The molecule has 1 aliphatic heterocycles. The predicted octanol–water partition coefficient (Wildman–Crippen LogP) is 11.3. The third-order valence-corrected chi connectivity index (χ3v) is 9.96. The molecule has 0 N–H and O–H groups in total. The number of ether oxygens (including phenoxy) is 1. The Morgan fingerprint density at radius 1 is 0.429 bits per heavy atom. The number of fused-ring (bicyclic) bond motifs is 8. The number of para-hydroxylation sites is 4. The minimum absolute atomic E-state index is 0.583. The van der Waals surface area contributed by atoms with Crippen LogP contribution >= 0.6 is 0 Å². The van der Waals surface area contributed by atoms with Crippen LogP contribution in [-0.4, -0.2) is 19.1 Å². The first-order chi connectivity index (χ1) is 24.3. The first-order valence-corrected chi connectivity index (χ1v) is 16.5. The lowest BCUT2D eigenvalue weighted by molar-refractivity contribution is 0.466. The first kappa shape index (κ1) is 26.4. The minimum atomic E-state index is 0.583.